The van der Waals surface area contributed by atoms with Crippen LogP contribution in [-0.4, -0.2) is 78.6 Å². The summed E-state index contributed by atoms with van der Waals surface area (Å²) in [6, 6.07) is 7.21. The molecule has 0 saturated carbocycles. The van der Waals surface area contributed by atoms with Gasteiger partial charge < -0.3 is 25.2 Å². The number of hydrogen-bond donors (Lipinski definition) is 3. The van der Waals surface area contributed by atoms with Crippen LogP contribution in [0.2, 0.25) is 0 Å². The van der Waals surface area contributed by atoms with E-state index in [1.807, 2.05) is 4.90 Å². The topological polar surface area (TPSA) is 85.3 Å². The van der Waals surface area contributed by atoms with E-state index in [0.717, 1.165) is 11.4 Å². The summed E-state index contributed by atoms with van der Waals surface area (Å²) in [5.41, 5.74) is 0.719. The van der Waals surface area contributed by atoms with Gasteiger partial charge in [0, 0.05) is 37.9 Å². The number of aliphatic hydroxyl groups excluding tert-OH is 2. The molecule has 2 amide bonds. The number of benzene rings is 1. The number of likely N-dealkylation sites (tertiary alicyclic amines) is 1. The summed E-state index contributed by atoms with van der Waals surface area (Å²) >= 11 is 0. The van der Waals surface area contributed by atoms with Gasteiger partial charge in [0.05, 0.1) is 20.3 Å². The van der Waals surface area contributed by atoms with Gasteiger partial charge in [0.25, 0.3) is 0 Å². The lowest BCUT2D eigenvalue weighted by Gasteiger charge is -2.45. The number of anilines is 1. The number of methoxy groups -OCH3 is 1. The fraction of sp³-hybridized carbons (Fsp3) is 0.533. The number of ether oxygens (including phenoxy) is 1. The van der Waals surface area contributed by atoms with Crippen LogP contribution >= 0.6 is 0 Å². The minimum atomic E-state index is -0.144. The number of hydrogen-bond acceptors (Lipinski definition) is 5. The molecule has 0 atom stereocenters. The van der Waals surface area contributed by atoms with E-state index in [1.165, 1.54) is 0 Å². The van der Waals surface area contributed by atoms with Crippen LogP contribution in [0.15, 0.2) is 24.3 Å². The Morgan fingerprint density at radius 1 is 1.27 bits per heavy atom. The number of rotatable bonds is 7. The van der Waals surface area contributed by atoms with Crippen molar-refractivity contribution < 1.29 is 19.7 Å². The van der Waals surface area contributed by atoms with Crippen LogP contribution in [0.5, 0.6) is 5.75 Å². The molecule has 1 aliphatic heterocycles. The van der Waals surface area contributed by atoms with E-state index in [4.69, 9.17) is 14.9 Å². The lowest BCUT2D eigenvalue weighted by molar-refractivity contribution is 0.0393. The number of urea groups is 1. The molecule has 7 nitrogen and oxygen atoms in total. The largest absolute Gasteiger partial charge is 0.497 e. The van der Waals surface area contributed by atoms with Gasteiger partial charge in [0.1, 0.15) is 5.75 Å². The third kappa shape index (κ3) is 4.09. The number of amides is 2. The predicted octanol–water partition coefficient (Wildman–Crippen LogP) is 0.198. The average molecular weight is 309 g/mol. The zero-order valence-corrected chi connectivity index (χ0v) is 12.7. The Kier molecular flexibility index (Phi) is 6.00. The summed E-state index contributed by atoms with van der Waals surface area (Å²) in [4.78, 5) is 15.8. The van der Waals surface area contributed by atoms with Gasteiger partial charge >= 0.3 is 6.03 Å². The Labute approximate surface area is 130 Å². The number of carbonyl (C=O) groups is 1. The molecule has 22 heavy (non-hydrogen) atoms. The second-order valence-electron chi connectivity index (χ2n) is 5.20. The second-order valence-corrected chi connectivity index (χ2v) is 5.20. The minimum absolute atomic E-state index is 0.0501. The predicted molar refractivity (Wildman–Crippen MR) is 83.1 cm³/mol. The van der Waals surface area contributed by atoms with Crippen molar-refractivity contribution in [2.75, 3.05) is 51.8 Å². The standard InChI is InChI=1S/C15H23N3O4/c1-22-14-4-2-12(3-5-14)16-15(21)18-10-13(11-18)17(6-8-19)7-9-20/h2-5,13,19-20H,6-11H2,1H3,(H,16,21). The first-order valence-corrected chi connectivity index (χ1v) is 7.33. The van der Waals surface area contributed by atoms with Crippen LogP contribution in [0, 0.1) is 0 Å². The summed E-state index contributed by atoms with van der Waals surface area (Å²) in [5.74, 6) is 0.741. The molecule has 0 bridgehead atoms. The summed E-state index contributed by atoms with van der Waals surface area (Å²) in [7, 11) is 1.60. The molecule has 0 unspecified atom stereocenters. The van der Waals surface area contributed by atoms with E-state index < -0.39 is 0 Å². The zero-order valence-electron chi connectivity index (χ0n) is 12.7. The fourth-order valence-corrected chi connectivity index (χ4v) is 2.46. The quantitative estimate of drug-likeness (QED) is 0.670. The summed E-state index contributed by atoms with van der Waals surface area (Å²) in [6.07, 6.45) is 0. The Morgan fingerprint density at radius 2 is 1.86 bits per heavy atom. The van der Waals surface area contributed by atoms with Crippen LogP contribution in [0.3, 0.4) is 0 Å². The van der Waals surface area contributed by atoms with Gasteiger partial charge in [0.15, 0.2) is 0 Å². The van der Waals surface area contributed by atoms with Gasteiger partial charge in [-0.2, -0.15) is 0 Å². The maximum Gasteiger partial charge on any atom is 0.321 e. The third-order valence-corrected chi connectivity index (χ3v) is 3.78. The first-order valence-electron chi connectivity index (χ1n) is 7.33. The highest BCUT2D eigenvalue weighted by molar-refractivity contribution is 5.90. The Balaban J connectivity index is 1.80. The van der Waals surface area contributed by atoms with Gasteiger partial charge in [-0.05, 0) is 24.3 Å². The van der Waals surface area contributed by atoms with Crippen LogP contribution in [0.4, 0.5) is 10.5 Å². The highest BCUT2D eigenvalue weighted by Crippen LogP contribution is 2.18. The smallest absolute Gasteiger partial charge is 0.321 e. The maximum absolute atomic E-state index is 12.1. The van der Waals surface area contributed by atoms with Crippen molar-refractivity contribution in [2.24, 2.45) is 0 Å². The molecule has 1 fully saturated rings. The highest BCUT2D eigenvalue weighted by atomic mass is 16.5. The molecule has 1 saturated heterocycles. The van der Waals surface area contributed by atoms with Gasteiger partial charge in [-0.15, -0.1) is 0 Å². The lowest BCUT2D eigenvalue weighted by atomic mass is 10.1. The summed E-state index contributed by atoms with van der Waals surface area (Å²) in [5, 5.41) is 20.9. The molecule has 0 radical (unpaired) electrons. The molecule has 1 aliphatic rings. The molecule has 1 aromatic carbocycles. The van der Waals surface area contributed by atoms with Crippen molar-refractivity contribution in [2.45, 2.75) is 6.04 Å². The molecule has 0 aliphatic carbocycles. The van der Waals surface area contributed by atoms with Crippen LogP contribution in [0.25, 0.3) is 0 Å². The van der Waals surface area contributed by atoms with Gasteiger partial charge in [-0.1, -0.05) is 0 Å². The van der Waals surface area contributed by atoms with E-state index in [-0.39, 0.29) is 25.3 Å². The Hall–Kier alpha value is -1.83. The zero-order chi connectivity index (χ0) is 15.9. The summed E-state index contributed by atoms with van der Waals surface area (Å²) < 4.78 is 5.07. The molecule has 122 valence electrons. The number of nitrogens with zero attached hydrogens (tertiary/aromatic N) is 2. The molecule has 7 heteroatoms. The monoisotopic (exact) mass is 309 g/mol. The van der Waals surface area contributed by atoms with Gasteiger partial charge in [-0.25, -0.2) is 4.79 Å². The SMILES string of the molecule is COc1ccc(NC(=O)N2CC(N(CCO)CCO)C2)cc1. The van der Waals surface area contributed by atoms with E-state index in [1.54, 1.807) is 36.3 Å². The Morgan fingerprint density at radius 3 is 2.36 bits per heavy atom. The van der Waals surface area contributed by atoms with Crippen LogP contribution in [-0.2, 0) is 0 Å². The molecule has 3 N–H and O–H groups in total. The molecule has 2 rings (SSSR count). The molecular weight excluding hydrogens is 286 g/mol. The normalized spacial score (nSPS) is 14.8. The van der Waals surface area contributed by atoms with Crippen LogP contribution in [0.1, 0.15) is 0 Å². The molecular formula is C15H23N3O4. The first-order chi connectivity index (χ1) is 10.7. The van der Waals surface area contributed by atoms with Crippen molar-refractivity contribution in [1.29, 1.82) is 0 Å². The Bertz CT molecular complexity index is 468. The van der Waals surface area contributed by atoms with E-state index >= 15 is 0 Å². The molecule has 1 heterocycles. The fourth-order valence-electron chi connectivity index (χ4n) is 2.46. The lowest BCUT2D eigenvalue weighted by Crippen LogP contribution is -2.62. The van der Waals surface area contributed by atoms with Crippen molar-refractivity contribution in [3.63, 3.8) is 0 Å². The maximum atomic E-state index is 12.1. The van der Waals surface area contributed by atoms with E-state index in [9.17, 15) is 4.79 Å². The van der Waals surface area contributed by atoms with E-state index in [2.05, 4.69) is 5.32 Å². The first kappa shape index (κ1) is 16.5. The van der Waals surface area contributed by atoms with Gasteiger partial charge in [0.2, 0.25) is 0 Å². The molecule has 0 aromatic heterocycles. The second kappa shape index (κ2) is 7.98. The van der Waals surface area contributed by atoms with Gasteiger partial charge in [-0.3, -0.25) is 4.90 Å². The summed E-state index contributed by atoms with van der Waals surface area (Å²) in [6.45, 7) is 2.32. The minimum Gasteiger partial charge on any atom is -0.497 e. The molecule has 1 aromatic rings. The van der Waals surface area contributed by atoms with E-state index in [0.29, 0.717) is 26.2 Å². The van der Waals surface area contributed by atoms with Crippen molar-refractivity contribution in [3.05, 3.63) is 24.3 Å². The molecule has 0 spiro atoms. The van der Waals surface area contributed by atoms with Crippen molar-refractivity contribution in [3.8, 4) is 5.75 Å². The van der Waals surface area contributed by atoms with Crippen LogP contribution < -0.4 is 10.1 Å². The average Bonchev–Trinajstić information content (AvgIpc) is 2.47. The van der Waals surface area contributed by atoms with Crippen molar-refractivity contribution >= 4 is 11.7 Å². The number of nitrogens with one attached hydrogen (secondary N) is 1. The number of aliphatic hydroxyl groups is 2. The highest BCUT2D eigenvalue weighted by Gasteiger charge is 2.34. The third-order valence-electron chi connectivity index (χ3n) is 3.78. The van der Waals surface area contributed by atoms with Crippen molar-refractivity contribution in [1.82, 2.24) is 9.80 Å². The number of carbonyl (C=O) groups excluding carboxylic acids is 1.